The lowest BCUT2D eigenvalue weighted by Gasteiger charge is -2.13. The molecule has 10 rings (SSSR count). The predicted octanol–water partition coefficient (Wildman–Crippen LogP) is 12.2. The molecule has 8 aromatic carbocycles. The standard InChI is InChI=1S/C48H30N4/c1-3-13-34(14-4-1)45-41-26-25-33-21-24-40(29-42(33)46(41)52-47(51-45)35-15-5-2-6-16-35)48-49-43(38-22-19-31-11-7-9-17-36(31)27-38)30-44(50-48)39-23-20-32-12-8-10-18-37(32)28-39/h1-30H. The zero-order valence-corrected chi connectivity index (χ0v) is 28.1. The van der Waals surface area contributed by atoms with E-state index in [-0.39, 0.29) is 0 Å². The van der Waals surface area contributed by atoms with Gasteiger partial charge in [-0.2, -0.15) is 0 Å². The normalized spacial score (nSPS) is 11.5. The van der Waals surface area contributed by atoms with Crippen molar-refractivity contribution in [3.05, 3.63) is 182 Å². The molecule has 10 aromatic rings. The molecule has 0 saturated heterocycles. The smallest absolute Gasteiger partial charge is 0.160 e. The van der Waals surface area contributed by atoms with Crippen molar-refractivity contribution in [1.29, 1.82) is 0 Å². The minimum absolute atomic E-state index is 0.661. The molecule has 52 heavy (non-hydrogen) atoms. The third kappa shape index (κ3) is 5.34. The van der Waals surface area contributed by atoms with Crippen molar-refractivity contribution in [2.45, 2.75) is 0 Å². The first kappa shape index (κ1) is 29.8. The first-order valence-corrected chi connectivity index (χ1v) is 17.5. The van der Waals surface area contributed by atoms with Crippen molar-refractivity contribution in [2.75, 3.05) is 0 Å². The molecule has 242 valence electrons. The molecular formula is C48H30N4. The van der Waals surface area contributed by atoms with E-state index in [4.69, 9.17) is 19.9 Å². The average Bonchev–Trinajstić information content (AvgIpc) is 3.23. The Morgan fingerprint density at radius 1 is 0.269 bits per heavy atom. The van der Waals surface area contributed by atoms with Crippen molar-refractivity contribution in [3.8, 4) is 56.5 Å². The first-order chi connectivity index (χ1) is 25.7. The van der Waals surface area contributed by atoms with Crippen LogP contribution in [-0.2, 0) is 0 Å². The van der Waals surface area contributed by atoms with E-state index in [9.17, 15) is 0 Å². The first-order valence-electron chi connectivity index (χ1n) is 17.5. The Bertz CT molecular complexity index is 2860. The number of hydrogen-bond donors (Lipinski definition) is 0. The minimum atomic E-state index is 0.661. The van der Waals surface area contributed by atoms with Crippen LogP contribution in [0.15, 0.2) is 182 Å². The quantitative estimate of drug-likeness (QED) is 0.172. The number of fused-ring (bicyclic) bond motifs is 5. The van der Waals surface area contributed by atoms with Crippen molar-refractivity contribution in [1.82, 2.24) is 19.9 Å². The average molecular weight is 663 g/mol. The molecule has 0 aliphatic rings. The van der Waals surface area contributed by atoms with Gasteiger partial charge < -0.3 is 0 Å². The molecule has 0 amide bonds. The van der Waals surface area contributed by atoms with Crippen molar-refractivity contribution >= 4 is 43.2 Å². The lowest BCUT2D eigenvalue weighted by molar-refractivity contribution is 1.19. The summed E-state index contributed by atoms with van der Waals surface area (Å²) in [4.78, 5) is 20.8. The van der Waals surface area contributed by atoms with Crippen LogP contribution in [-0.4, -0.2) is 19.9 Å². The maximum absolute atomic E-state index is 5.24. The lowest BCUT2D eigenvalue weighted by atomic mass is 9.99. The van der Waals surface area contributed by atoms with Crippen molar-refractivity contribution in [3.63, 3.8) is 0 Å². The van der Waals surface area contributed by atoms with Crippen LogP contribution in [0.1, 0.15) is 0 Å². The number of hydrogen-bond acceptors (Lipinski definition) is 4. The Hall–Kier alpha value is -7.04. The molecule has 0 bridgehead atoms. The van der Waals surface area contributed by atoms with E-state index in [2.05, 4.69) is 158 Å². The van der Waals surface area contributed by atoms with Gasteiger partial charge in [-0.15, -0.1) is 0 Å². The molecule has 0 spiro atoms. The van der Waals surface area contributed by atoms with Crippen LogP contribution in [0.4, 0.5) is 0 Å². The Morgan fingerprint density at radius 3 is 1.40 bits per heavy atom. The monoisotopic (exact) mass is 662 g/mol. The van der Waals surface area contributed by atoms with Crippen molar-refractivity contribution < 1.29 is 0 Å². The number of aromatic nitrogens is 4. The molecule has 0 aliphatic heterocycles. The van der Waals surface area contributed by atoms with E-state index in [0.717, 1.165) is 66.6 Å². The second-order valence-electron chi connectivity index (χ2n) is 13.1. The molecule has 2 heterocycles. The minimum Gasteiger partial charge on any atom is -0.228 e. The van der Waals surface area contributed by atoms with Gasteiger partial charge in [0.2, 0.25) is 0 Å². The van der Waals surface area contributed by atoms with E-state index in [1.165, 1.54) is 21.5 Å². The summed E-state index contributed by atoms with van der Waals surface area (Å²) in [5.41, 5.74) is 8.58. The Morgan fingerprint density at radius 2 is 0.769 bits per heavy atom. The molecule has 0 aliphatic carbocycles. The van der Waals surface area contributed by atoms with E-state index in [1.54, 1.807) is 0 Å². The molecule has 4 nitrogen and oxygen atoms in total. The van der Waals surface area contributed by atoms with Gasteiger partial charge >= 0.3 is 0 Å². The summed E-state index contributed by atoms with van der Waals surface area (Å²) in [7, 11) is 0. The largest absolute Gasteiger partial charge is 0.228 e. The number of nitrogens with zero attached hydrogens (tertiary/aromatic N) is 4. The van der Waals surface area contributed by atoms with Gasteiger partial charge in [-0.05, 0) is 57.3 Å². The van der Waals surface area contributed by atoms with Gasteiger partial charge in [-0.1, -0.05) is 152 Å². The summed E-state index contributed by atoms with van der Waals surface area (Å²) >= 11 is 0. The van der Waals surface area contributed by atoms with Gasteiger partial charge in [0.15, 0.2) is 11.6 Å². The van der Waals surface area contributed by atoms with E-state index in [1.807, 2.05) is 24.3 Å². The number of rotatable bonds is 5. The SMILES string of the molecule is c1ccc(-c2nc(-c3ccccc3)c3ccc4ccc(-c5nc(-c6ccc7ccccc7c6)cc(-c6ccc7ccccc7c6)n5)cc4c3n2)cc1. The summed E-state index contributed by atoms with van der Waals surface area (Å²) in [6.45, 7) is 0. The Labute approximate surface area is 300 Å². The van der Waals surface area contributed by atoms with Crippen LogP contribution < -0.4 is 0 Å². The molecule has 0 fully saturated rings. The van der Waals surface area contributed by atoms with Gasteiger partial charge in [0.25, 0.3) is 0 Å². The van der Waals surface area contributed by atoms with E-state index >= 15 is 0 Å². The highest BCUT2D eigenvalue weighted by Gasteiger charge is 2.16. The molecule has 0 unspecified atom stereocenters. The third-order valence-corrected chi connectivity index (χ3v) is 9.84. The fourth-order valence-electron chi connectivity index (χ4n) is 7.15. The topological polar surface area (TPSA) is 51.6 Å². The van der Waals surface area contributed by atoms with Crippen LogP contribution >= 0.6 is 0 Å². The molecule has 0 saturated carbocycles. The molecular weight excluding hydrogens is 633 g/mol. The summed E-state index contributed by atoms with van der Waals surface area (Å²) in [6.07, 6.45) is 0. The summed E-state index contributed by atoms with van der Waals surface area (Å²) in [5.74, 6) is 1.35. The fourth-order valence-corrected chi connectivity index (χ4v) is 7.15. The fraction of sp³-hybridized carbons (Fsp3) is 0. The van der Waals surface area contributed by atoms with Gasteiger partial charge in [0.1, 0.15) is 0 Å². The van der Waals surface area contributed by atoms with Crippen LogP contribution in [0.2, 0.25) is 0 Å². The maximum atomic E-state index is 5.24. The van der Waals surface area contributed by atoms with E-state index < -0.39 is 0 Å². The second-order valence-corrected chi connectivity index (χ2v) is 13.1. The highest BCUT2D eigenvalue weighted by atomic mass is 14.9. The zero-order chi connectivity index (χ0) is 34.4. The van der Waals surface area contributed by atoms with Crippen molar-refractivity contribution in [2.24, 2.45) is 0 Å². The second kappa shape index (κ2) is 12.4. The van der Waals surface area contributed by atoms with Crippen LogP contribution in [0.25, 0.3) is 99.8 Å². The van der Waals surface area contributed by atoms with Gasteiger partial charge in [-0.25, -0.2) is 19.9 Å². The number of benzene rings is 8. The third-order valence-electron chi connectivity index (χ3n) is 9.84. The Balaban J connectivity index is 1.20. The molecule has 0 atom stereocenters. The zero-order valence-electron chi connectivity index (χ0n) is 28.1. The predicted molar refractivity (Wildman–Crippen MR) is 215 cm³/mol. The molecule has 4 heteroatoms. The van der Waals surface area contributed by atoms with E-state index in [0.29, 0.717) is 11.6 Å². The summed E-state index contributed by atoms with van der Waals surface area (Å²) < 4.78 is 0. The van der Waals surface area contributed by atoms with Crippen LogP contribution in [0.5, 0.6) is 0 Å². The summed E-state index contributed by atoms with van der Waals surface area (Å²) in [6, 6.07) is 63.4. The highest BCUT2D eigenvalue weighted by Crippen LogP contribution is 2.36. The van der Waals surface area contributed by atoms with Crippen LogP contribution in [0.3, 0.4) is 0 Å². The van der Waals surface area contributed by atoms with Gasteiger partial charge in [0.05, 0.1) is 22.6 Å². The maximum Gasteiger partial charge on any atom is 0.160 e. The Kier molecular flexibility index (Phi) is 7.10. The molecule has 0 N–H and O–H groups in total. The van der Waals surface area contributed by atoms with Gasteiger partial charge in [0, 0.05) is 38.6 Å². The highest BCUT2D eigenvalue weighted by molar-refractivity contribution is 6.10. The summed E-state index contributed by atoms with van der Waals surface area (Å²) in [5, 5.41) is 7.86. The molecule has 0 radical (unpaired) electrons. The molecule has 2 aromatic heterocycles. The lowest BCUT2D eigenvalue weighted by Crippen LogP contribution is -1.97. The van der Waals surface area contributed by atoms with Crippen LogP contribution in [0, 0.1) is 0 Å². The van der Waals surface area contributed by atoms with Gasteiger partial charge in [-0.3, -0.25) is 0 Å².